The van der Waals surface area contributed by atoms with Crippen LogP contribution >= 0.6 is 0 Å². The third kappa shape index (κ3) is 48.8. The Morgan fingerprint density at radius 3 is 1.08 bits per heavy atom. The number of hydrogen-bond donors (Lipinski definition) is 0. The van der Waals surface area contributed by atoms with Crippen LogP contribution in [0, 0.1) is 5.92 Å². The Kier molecular flexibility index (Phi) is 91.9. The second-order valence-electron chi connectivity index (χ2n) is 27.2. The van der Waals surface area contributed by atoms with Crippen molar-refractivity contribution in [3.63, 3.8) is 0 Å². The standard InChI is InChI=1S/C13H14.C12H13N.C12H14.C11H11NO2.2C10H12N2.C10H14.C7H10N2.9C2H6.9CH4/c1-10(2)12-8-7-11-5-3-4-6-13(11)9-12;1-9(2)11-8-7-10-5-3-4-6-12(10)13-11;1-9(2)12-7-10-5-3-4-6-11(10)8-12;1-7(2)12-10(13)8-5-3-4-6-9(8)11(12)14;2*1-8(2)9-7-12-6-4-3-5-10(12)11-9;1-10(2,3)9-7-5-4-6-8-9;1-6(2)7-8-4-3-5-9-7;9*1-2;;;;;;;;;/h3-10H,1-2H3;3-9H,1-2H3;3-7,9H,8H2,1-2H3;3-7H,1-2H3;2*3-8H,1-2H3;4-8H,1-3H3;3-6H,1-2H3;9*1-2H3;9*1H4. The zero-order chi connectivity index (χ0) is 86.8. The summed E-state index contributed by atoms with van der Waals surface area (Å²) in [5.74, 6) is 3.81. The number of fused-ring (bicyclic) bond motifs is 6. The van der Waals surface area contributed by atoms with E-state index in [1.165, 1.54) is 49.0 Å². The Morgan fingerprint density at radius 1 is 0.336 bits per heavy atom. The number of carbonyl (C=O) groups excluding carboxylic acids is 2. The number of rotatable bonds is 7. The lowest BCUT2D eigenvalue weighted by Crippen LogP contribution is -2.35. The number of carbonyl (C=O) groups is 2. The highest BCUT2D eigenvalue weighted by Gasteiger charge is 2.36. The number of nitrogens with zero attached hydrogens (tertiary/aromatic N) is 8. The molecular formula is C112H190N8O2. The predicted molar refractivity (Wildman–Crippen MR) is 561 cm³/mol. The molecule has 6 aromatic heterocycles. The van der Waals surface area contributed by atoms with Gasteiger partial charge in [0.1, 0.15) is 17.1 Å². The van der Waals surface area contributed by atoms with E-state index in [1.54, 1.807) is 42.2 Å². The summed E-state index contributed by atoms with van der Waals surface area (Å²) < 4.78 is 4.10. The first kappa shape index (κ1) is 138. The van der Waals surface area contributed by atoms with E-state index in [4.69, 9.17) is 0 Å². The Bertz CT molecular complexity index is 4120. The van der Waals surface area contributed by atoms with Crippen LogP contribution in [-0.2, 0) is 11.8 Å². The van der Waals surface area contributed by atoms with Crippen molar-refractivity contribution < 1.29 is 9.59 Å². The van der Waals surface area contributed by atoms with E-state index in [-0.39, 0.29) is 84.7 Å². The molecule has 0 fully saturated rings. The van der Waals surface area contributed by atoms with Crippen molar-refractivity contribution in [1.82, 2.24) is 38.6 Å². The van der Waals surface area contributed by atoms with Gasteiger partial charge in [-0.15, -0.1) is 0 Å². The van der Waals surface area contributed by atoms with Gasteiger partial charge >= 0.3 is 0 Å². The Hall–Kier alpha value is -9.67. The minimum absolute atomic E-state index is 0. The van der Waals surface area contributed by atoms with E-state index in [2.05, 4.69) is 277 Å². The fourth-order valence-electron chi connectivity index (χ4n) is 10.3. The molecule has 12 aromatic rings. The molecule has 0 saturated carbocycles. The second-order valence-corrected chi connectivity index (χ2v) is 27.2. The largest absolute Gasteiger partial charge is 0.307 e. The molecule has 0 radical (unpaired) electrons. The maximum atomic E-state index is 11.8. The van der Waals surface area contributed by atoms with Crippen molar-refractivity contribution in [3.8, 4) is 0 Å². The highest BCUT2D eigenvalue weighted by Crippen LogP contribution is 2.30. The summed E-state index contributed by atoms with van der Waals surface area (Å²) in [6.45, 7) is 72.4. The van der Waals surface area contributed by atoms with Crippen LogP contribution < -0.4 is 0 Å². The average molecular weight is 1680 g/mol. The minimum atomic E-state index is -0.180. The van der Waals surface area contributed by atoms with Crippen LogP contribution in [0.15, 0.2) is 243 Å². The molecule has 0 saturated heterocycles. The topological polar surface area (TPSA) is 111 Å². The quantitative estimate of drug-likeness (QED) is 0.146. The molecule has 690 valence electrons. The second kappa shape index (κ2) is 81.0. The van der Waals surface area contributed by atoms with E-state index < -0.39 is 0 Å². The van der Waals surface area contributed by atoms with Gasteiger partial charge in [-0.2, -0.15) is 0 Å². The van der Waals surface area contributed by atoms with Crippen LogP contribution in [-0.4, -0.2) is 56.5 Å². The van der Waals surface area contributed by atoms with E-state index >= 15 is 0 Å². The normalized spacial score (nSPS) is 9.89. The Morgan fingerprint density at radius 2 is 0.713 bits per heavy atom. The number of para-hydroxylation sites is 1. The molecule has 7 heterocycles. The third-order valence-corrected chi connectivity index (χ3v) is 16.2. The number of imide groups is 1. The van der Waals surface area contributed by atoms with Crippen LogP contribution in [0.2, 0.25) is 0 Å². The zero-order valence-corrected chi connectivity index (χ0v) is 77.2. The van der Waals surface area contributed by atoms with Crippen LogP contribution in [0.5, 0.6) is 0 Å². The molecule has 0 spiro atoms. The van der Waals surface area contributed by atoms with Crippen LogP contribution in [0.4, 0.5) is 0 Å². The van der Waals surface area contributed by atoms with Crippen molar-refractivity contribution in [2.24, 2.45) is 5.92 Å². The van der Waals surface area contributed by atoms with Gasteiger partial charge in [0.25, 0.3) is 11.8 Å². The van der Waals surface area contributed by atoms with E-state index in [1.807, 2.05) is 205 Å². The number of pyridine rings is 3. The van der Waals surface area contributed by atoms with Gasteiger partial charge in [0.05, 0.1) is 28.0 Å². The number of allylic oxidation sites excluding steroid dienone is 1. The highest BCUT2D eigenvalue weighted by molar-refractivity contribution is 6.21. The molecule has 2 aliphatic rings. The fourth-order valence-corrected chi connectivity index (χ4v) is 10.3. The van der Waals surface area contributed by atoms with Gasteiger partial charge in [0.2, 0.25) is 0 Å². The molecule has 10 nitrogen and oxygen atoms in total. The van der Waals surface area contributed by atoms with Gasteiger partial charge in [-0.25, -0.2) is 19.9 Å². The maximum Gasteiger partial charge on any atom is 0.261 e. The van der Waals surface area contributed by atoms with Gasteiger partial charge in [0, 0.05) is 60.2 Å². The lowest BCUT2D eigenvalue weighted by Gasteiger charge is -2.18. The van der Waals surface area contributed by atoms with E-state index in [9.17, 15) is 9.59 Å². The first-order valence-electron chi connectivity index (χ1n) is 42.7. The van der Waals surface area contributed by atoms with Gasteiger partial charge in [-0.1, -0.05) is 453 Å². The van der Waals surface area contributed by atoms with E-state index in [0.29, 0.717) is 52.0 Å². The molecule has 0 unspecified atom stereocenters. The molecule has 0 bridgehead atoms. The van der Waals surface area contributed by atoms with Gasteiger partial charge in [-0.3, -0.25) is 19.5 Å². The van der Waals surface area contributed by atoms with Crippen LogP contribution in [0.1, 0.15) is 405 Å². The molecule has 0 atom stereocenters. The summed E-state index contributed by atoms with van der Waals surface area (Å²) in [4.78, 5) is 46.5. The Balaban J connectivity index is -0.000000109. The van der Waals surface area contributed by atoms with Gasteiger partial charge in [0.15, 0.2) is 0 Å². The monoisotopic (exact) mass is 1680 g/mol. The first-order chi connectivity index (χ1) is 54.4. The van der Waals surface area contributed by atoms with Crippen molar-refractivity contribution in [3.05, 3.63) is 299 Å². The summed E-state index contributed by atoms with van der Waals surface area (Å²) in [5, 5.41) is 3.88. The summed E-state index contributed by atoms with van der Waals surface area (Å²) in [5.41, 5.74) is 15.2. The van der Waals surface area contributed by atoms with Crippen molar-refractivity contribution in [1.29, 1.82) is 0 Å². The first-order valence-corrected chi connectivity index (χ1v) is 42.7. The maximum absolute atomic E-state index is 11.8. The van der Waals surface area contributed by atoms with Crippen LogP contribution in [0.25, 0.3) is 39.0 Å². The zero-order valence-electron chi connectivity index (χ0n) is 77.2. The molecule has 6 aromatic carbocycles. The smallest absolute Gasteiger partial charge is 0.261 e. The van der Waals surface area contributed by atoms with Crippen molar-refractivity contribution in [2.45, 2.75) is 357 Å². The fraction of sp³-hybridized carbons (Fsp3) is 0.473. The summed E-state index contributed by atoms with van der Waals surface area (Å²) in [6, 6.07) is 67.6. The minimum Gasteiger partial charge on any atom is -0.307 e. The molecule has 14 rings (SSSR count). The lowest BCUT2D eigenvalue weighted by molar-refractivity contribution is 0.0608. The molecule has 2 amide bonds. The molecular weight excluding hydrogens is 1490 g/mol. The van der Waals surface area contributed by atoms with Crippen molar-refractivity contribution in [2.75, 3.05) is 0 Å². The lowest BCUT2D eigenvalue weighted by atomic mass is 9.87. The van der Waals surface area contributed by atoms with E-state index in [0.717, 1.165) is 40.4 Å². The molecule has 0 N–H and O–H groups in total. The Labute approximate surface area is 756 Å². The average Bonchev–Trinajstić information content (AvgIpc) is 1.70. The highest BCUT2D eigenvalue weighted by atomic mass is 16.2. The molecule has 122 heavy (non-hydrogen) atoms. The summed E-state index contributed by atoms with van der Waals surface area (Å²) in [7, 11) is 0. The van der Waals surface area contributed by atoms with Crippen LogP contribution in [0.3, 0.4) is 0 Å². The summed E-state index contributed by atoms with van der Waals surface area (Å²) in [6.07, 6.45) is 15.2. The molecule has 10 heteroatoms. The predicted octanol–water partition coefficient (Wildman–Crippen LogP) is 36.8. The number of imidazole rings is 2. The van der Waals surface area contributed by atoms with Gasteiger partial charge < -0.3 is 8.80 Å². The summed E-state index contributed by atoms with van der Waals surface area (Å²) >= 11 is 0. The number of benzene rings is 6. The SMILES string of the molecule is C.C.C.C.C.C.C.C.C.CC.CC.CC.CC.CC.CC.CC.CC.CC.CC(C)(C)c1ccccc1.CC(C)C1=Cc2ccccc2C1.CC(C)N1C(=O)c2ccccc2C1=O.CC(C)c1ccc2ccccc2c1.CC(C)c1ccc2ccccc2n1.CC(C)c1cn2ccccc2n1.CC(C)c1cn2ccccc2n1.CC(C)c1ncccn1. The molecule has 1 aliphatic carbocycles. The third-order valence-electron chi connectivity index (χ3n) is 16.2. The number of amides is 2. The number of hydrogen-bond acceptors (Lipinski definition) is 7. The van der Waals surface area contributed by atoms with Gasteiger partial charge in [-0.05, 0) is 143 Å². The van der Waals surface area contributed by atoms with Crippen molar-refractivity contribution >= 4 is 50.9 Å². The molecule has 1 aliphatic heterocycles. The number of aromatic nitrogens is 7.